The Hall–Kier alpha value is -0.490. The Morgan fingerprint density at radius 3 is 1.50 bits per heavy atom. The van der Waals surface area contributed by atoms with E-state index in [4.69, 9.17) is 0 Å². The largest absolute Gasteiger partial charge is 0.259 e. The summed E-state index contributed by atoms with van der Waals surface area (Å²) in [6, 6.07) is 0. The van der Waals surface area contributed by atoms with Crippen molar-refractivity contribution in [1.29, 1.82) is 0 Å². The van der Waals surface area contributed by atoms with Crippen LogP contribution in [0.1, 0.15) is 80.1 Å². The van der Waals surface area contributed by atoms with Crippen LogP contribution >= 0.6 is 0 Å². The van der Waals surface area contributed by atoms with Gasteiger partial charge in [-0.3, -0.25) is 0 Å². The molecule has 0 rings (SSSR count). The minimum absolute atomic E-state index is 0.0240. The summed E-state index contributed by atoms with van der Waals surface area (Å²) in [6.07, 6.45) is -3.70. The van der Waals surface area contributed by atoms with Crippen molar-refractivity contribution in [3.05, 3.63) is 0 Å². The molecule has 3 atom stereocenters. The van der Waals surface area contributed by atoms with Gasteiger partial charge in [-0.05, 0) is 32.1 Å². The molecule has 0 aromatic heterocycles. The van der Waals surface area contributed by atoms with Crippen molar-refractivity contribution in [2.24, 2.45) is 17.8 Å². The lowest BCUT2D eigenvalue weighted by molar-refractivity contribution is -0.197. The first kappa shape index (κ1) is 25.5. The van der Waals surface area contributed by atoms with E-state index in [1.807, 2.05) is 0 Å². The minimum atomic E-state index is -4.28. The van der Waals surface area contributed by atoms with Crippen LogP contribution in [-0.4, -0.2) is 23.4 Å². The van der Waals surface area contributed by atoms with Gasteiger partial charge in [0.1, 0.15) is 5.67 Å². The van der Waals surface area contributed by atoms with Crippen LogP contribution in [0.2, 0.25) is 0 Å². The van der Waals surface area contributed by atoms with E-state index in [0.29, 0.717) is 6.42 Å². The van der Waals surface area contributed by atoms with Gasteiger partial charge in [0.15, 0.2) is 0 Å². The van der Waals surface area contributed by atoms with Crippen LogP contribution in [0.4, 0.5) is 30.7 Å². The summed E-state index contributed by atoms with van der Waals surface area (Å²) in [7, 11) is 0. The number of halogens is 7. The van der Waals surface area contributed by atoms with Gasteiger partial charge < -0.3 is 0 Å². The topological polar surface area (TPSA) is 0 Å². The van der Waals surface area contributed by atoms with Crippen molar-refractivity contribution in [3.8, 4) is 0 Å². The normalized spacial score (nSPS) is 18.7. The average Bonchev–Trinajstić information content (AvgIpc) is 2.44. The number of alkyl halides is 7. The van der Waals surface area contributed by atoms with Gasteiger partial charge in [-0.15, -0.1) is 0 Å². The molecular formula is C19H33F7. The lowest BCUT2D eigenvalue weighted by Gasteiger charge is -2.37. The molecule has 0 N–H and O–H groups in total. The lowest BCUT2D eigenvalue weighted by atomic mass is 9.78. The zero-order valence-electron chi connectivity index (χ0n) is 16.6. The summed E-state index contributed by atoms with van der Waals surface area (Å²) >= 11 is 0. The molecule has 0 spiro atoms. The Bertz CT molecular complexity index is 414. The highest BCUT2D eigenvalue weighted by molar-refractivity contribution is 4.94. The summed E-state index contributed by atoms with van der Waals surface area (Å²) < 4.78 is 99.5. The highest BCUT2D eigenvalue weighted by Gasteiger charge is 2.56. The predicted molar refractivity (Wildman–Crippen MR) is 90.9 cm³/mol. The van der Waals surface area contributed by atoms with E-state index in [1.54, 1.807) is 13.8 Å². The van der Waals surface area contributed by atoms with E-state index in [-0.39, 0.29) is 25.2 Å². The number of rotatable bonds is 12. The van der Waals surface area contributed by atoms with Gasteiger partial charge in [0.05, 0.1) is 18.8 Å². The standard InChI is InChI=1S/C19H33F7/c1-7-13(4)10-16(6,20)14(5)18(23,24)11-17(21,22)12-19(25,26)15(8-2)9-3/h13-15H,7-12H2,1-6H3. The van der Waals surface area contributed by atoms with E-state index >= 15 is 0 Å². The van der Waals surface area contributed by atoms with Crippen molar-refractivity contribution in [2.75, 3.05) is 0 Å². The van der Waals surface area contributed by atoms with Crippen molar-refractivity contribution in [2.45, 2.75) is 104 Å². The van der Waals surface area contributed by atoms with E-state index in [2.05, 4.69) is 0 Å². The van der Waals surface area contributed by atoms with E-state index in [1.165, 1.54) is 13.8 Å². The summed E-state index contributed by atoms with van der Waals surface area (Å²) in [5.74, 6) is -15.6. The molecule has 26 heavy (non-hydrogen) atoms. The molecular weight excluding hydrogens is 361 g/mol. The molecule has 0 radical (unpaired) electrons. The second-order valence-electron chi connectivity index (χ2n) is 7.96. The first-order chi connectivity index (χ1) is 11.5. The highest BCUT2D eigenvalue weighted by atomic mass is 19.3. The molecule has 0 saturated heterocycles. The van der Waals surface area contributed by atoms with Crippen molar-refractivity contribution < 1.29 is 30.7 Å². The zero-order chi connectivity index (χ0) is 21.0. The molecule has 7 heteroatoms. The van der Waals surface area contributed by atoms with Gasteiger partial charge in [-0.25, -0.2) is 30.7 Å². The van der Waals surface area contributed by atoms with Crippen LogP contribution in [0.3, 0.4) is 0 Å². The minimum Gasteiger partial charge on any atom is -0.244 e. The molecule has 0 aliphatic rings. The van der Waals surface area contributed by atoms with E-state index < -0.39 is 48.1 Å². The van der Waals surface area contributed by atoms with Crippen LogP contribution in [0.15, 0.2) is 0 Å². The van der Waals surface area contributed by atoms with Gasteiger partial charge in [0.2, 0.25) is 0 Å². The molecule has 0 saturated carbocycles. The fraction of sp³-hybridized carbons (Fsp3) is 1.00. The van der Waals surface area contributed by atoms with Crippen molar-refractivity contribution in [3.63, 3.8) is 0 Å². The molecule has 0 heterocycles. The van der Waals surface area contributed by atoms with Gasteiger partial charge >= 0.3 is 0 Å². The molecule has 0 nitrogen and oxygen atoms in total. The molecule has 0 bridgehead atoms. The van der Waals surface area contributed by atoms with E-state index in [9.17, 15) is 30.7 Å². The Morgan fingerprint density at radius 2 is 1.12 bits per heavy atom. The smallest absolute Gasteiger partial charge is 0.244 e. The Labute approximate surface area is 152 Å². The summed E-state index contributed by atoms with van der Waals surface area (Å²) in [4.78, 5) is 0. The van der Waals surface area contributed by atoms with Crippen LogP contribution in [0.5, 0.6) is 0 Å². The van der Waals surface area contributed by atoms with Gasteiger partial charge in [-0.2, -0.15) is 0 Å². The predicted octanol–water partition coefficient (Wildman–Crippen LogP) is 7.91. The average molecular weight is 394 g/mol. The Morgan fingerprint density at radius 1 is 0.692 bits per heavy atom. The summed E-state index contributed by atoms with van der Waals surface area (Å²) in [6.45, 7) is 8.19. The molecule has 0 fully saturated rings. The van der Waals surface area contributed by atoms with Crippen LogP contribution in [0.25, 0.3) is 0 Å². The van der Waals surface area contributed by atoms with Crippen LogP contribution in [-0.2, 0) is 0 Å². The molecule has 0 aromatic carbocycles. The Kier molecular flexibility index (Phi) is 8.96. The van der Waals surface area contributed by atoms with Crippen LogP contribution < -0.4 is 0 Å². The lowest BCUT2D eigenvalue weighted by Crippen LogP contribution is -2.46. The SMILES string of the molecule is CCC(C)CC(C)(F)C(C)C(F)(F)CC(F)(F)CC(F)(F)C(CC)CC. The number of hydrogen-bond acceptors (Lipinski definition) is 0. The summed E-state index contributed by atoms with van der Waals surface area (Å²) in [5.41, 5.74) is -2.37. The molecule has 3 unspecified atom stereocenters. The quantitative estimate of drug-likeness (QED) is 0.295. The third-order valence-corrected chi connectivity index (χ3v) is 5.55. The second-order valence-corrected chi connectivity index (χ2v) is 7.96. The maximum Gasteiger partial charge on any atom is 0.259 e. The maximum absolute atomic E-state index is 14.7. The number of hydrogen-bond donors (Lipinski definition) is 0. The second kappa shape index (κ2) is 9.13. The molecule has 0 aliphatic heterocycles. The van der Waals surface area contributed by atoms with E-state index in [0.717, 1.165) is 13.8 Å². The summed E-state index contributed by atoms with van der Waals surface area (Å²) in [5, 5.41) is 0. The van der Waals surface area contributed by atoms with Crippen LogP contribution in [0, 0.1) is 17.8 Å². The fourth-order valence-corrected chi connectivity index (χ4v) is 3.38. The van der Waals surface area contributed by atoms with Gasteiger partial charge in [-0.1, -0.05) is 41.0 Å². The monoisotopic (exact) mass is 394 g/mol. The third-order valence-electron chi connectivity index (χ3n) is 5.55. The molecule has 158 valence electrons. The molecule has 0 amide bonds. The third kappa shape index (κ3) is 7.26. The first-order valence-corrected chi connectivity index (χ1v) is 9.37. The molecule has 0 aromatic rings. The van der Waals surface area contributed by atoms with Crippen molar-refractivity contribution >= 4 is 0 Å². The maximum atomic E-state index is 14.7. The first-order valence-electron chi connectivity index (χ1n) is 9.37. The zero-order valence-corrected chi connectivity index (χ0v) is 16.6. The van der Waals surface area contributed by atoms with Crippen molar-refractivity contribution in [1.82, 2.24) is 0 Å². The molecule has 0 aliphatic carbocycles. The van der Waals surface area contributed by atoms with Gasteiger partial charge in [0, 0.05) is 5.92 Å². The van der Waals surface area contributed by atoms with Gasteiger partial charge in [0.25, 0.3) is 17.8 Å². The Balaban J connectivity index is 5.25. The fourth-order valence-electron chi connectivity index (χ4n) is 3.38. The highest BCUT2D eigenvalue weighted by Crippen LogP contribution is 2.48.